The number of aromatic nitrogens is 3. The Morgan fingerprint density at radius 3 is 2.88 bits per heavy atom. The smallest absolute Gasteiger partial charge is 0.273 e. The van der Waals surface area contributed by atoms with E-state index in [2.05, 4.69) is 34.4 Å². The molecule has 2 saturated heterocycles. The highest BCUT2D eigenvalue weighted by Gasteiger charge is 2.29. The highest BCUT2D eigenvalue weighted by Crippen LogP contribution is 2.16. The van der Waals surface area contributed by atoms with Crippen LogP contribution in [-0.4, -0.2) is 76.9 Å². The van der Waals surface area contributed by atoms with Gasteiger partial charge in [0, 0.05) is 31.8 Å². The van der Waals surface area contributed by atoms with Gasteiger partial charge in [-0.25, -0.2) is 4.68 Å². The lowest BCUT2D eigenvalue weighted by Crippen LogP contribution is -2.55. The van der Waals surface area contributed by atoms with Gasteiger partial charge < -0.3 is 14.8 Å². The van der Waals surface area contributed by atoms with Gasteiger partial charge in [0.25, 0.3) is 5.91 Å². The molecule has 0 saturated carbocycles. The molecule has 0 bridgehead atoms. The van der Waals surface area contributed by atoms with Gasteiger partial charge in [-0.2, -0.15) is 0 Å². The van der Waals surface area contributed by atoms with Crippen molar-refractivity contribution in [1.29, 1.82) is 0 Å². The van der Waals surface area contributed by atoms with Crippen LogP contribution in [0.15, 0.2) is 6.20 Å². The Bertz CT molecular complexity index is 548. The summed E-state index contributed by atoms with van der Waals surface area (Å²) in [6, 6.07) is 0. The van der Waals surface area contributed by atoms with Crippen LogP contribution in [0.4, 0.5) is 0 Å². The van der Waals surface area contributed by atoms with Crippen molar-refractivity contribution in [2.75, 3.05) is 39.5 Å². The van der Waals surface area contributed by atoms with E-state index < -0.39 is 0 Å². The van der Waals surface area contributed by atoms with Crippen LogP contribution in [0.5, 0.6) is 0 Å². The van der Waals surface area contributed by atoms with Crippen LogP contribution in [0, 0.1) is 0 Å². The molecule has 8 nitrogen and oxygen atoms in total. The van der Waals surface area contributed by atoms with Crippen LogP contribution in [0.25, 0.3) is 0 Å². The van der Waals surface area contributed by atoms with E-state index in [1.54, 1.807) is 10.9 Å². The fourth-order valence-corrected chi connectivity index (χ4v) is 3.16. The van der Waals surface area contributed by atoms with Crippen molar-refractivity contribution in [2.24, 2.45) is 0 Å². The van der Waals surface area contributed by atoms with E-state index in [0.29, 0.717) is 18.8 Å². The fraction of sp³-hybridized carbons (Fsp3) is 0.812. The summed E-state index contributed by atoms with van der Waals surface area (Å²) in [5, 5.41) is 11.0. The third-order valence-electron chi connectivity index (χ3n) is 4.73. The Morgan fingerprint density at radius 2 is 2.17 bits per heavy atom. The number of rotatable bonds is 6. The summed E-state index contributed by atoms with van der Waals surface area (Å²) >= 11 is 0. The molecule has 2 aliphatic heterocycles. The van der Waals surface area contributed by atoms with Gasteiger partial charge >= 0.3 is 0 Å². The normalized spacial score (nSPS) is 22.7. The van der Waals surface area contributed by atoms with E-state index in [1.807, 2.05) is 0 Å². The topological polar surface area (TPSA) is 81.5 Å². The number of carbonyl (C=O) groups excluding carboxylic acids is 1. The van der Waals surface area contributed by atoms with Crippen LogP contribution in [0.3, 0.4) is 0 Å². The maximum Gasteiger partial charge on any atom is 0.273 e. The largest absolute Gasteiger partial charge is 0.379 e. The number of carbonyl (C=O) groups is 1. The van der Waals surface area contributed by atoms with Crippen molar-refractivity contribution in [3.8, 4) is 0 Å². The van der Waals surface area contributed by atoms with E-state index >= 15 is 0 Å². The summed E-state index contributed by atoms with van der Waals surface area (Å²) in [4.78, 5) is 14.7. The number of ether oxygens (including phenoxy) is 2. The van der Waals surface area contributed by atoms with Gasteiger partial charge in [0.15, 0.2) is 5.69 Å². The van der Waals surface area contributed by atoms with Crippen molar-refractivity contribution >= 4 is 5.91 Å². The molecule has 3 heterocycles. The minimum atomic E-state index is -0.185. The van der Waals surface area contributed by atoms with Crippen LogP contribution in [-0.2, 0) is 16.0 Å². The molecule has 1 amide bonds. The van der Waals surface area contributed by atoms with Crippen LogP contribution in [0.1, 0.15) is 37.2 Å². The third-order valence-corrected chi connectivity index (χ3v) is 4.73. The molecule has 1 atom stereocenters. The minimum Gasteiger partial charge on any atom is -0.379 e. The SMILES string of the molecule is CC(C)(CNC(=O)c1cn(CC2CCCO2)nn1)N1CCOCC1. The van der Waals surface area contributed by atoms with E-state index in [0.717, 1.165) is 45.8 Å². The lowest BCUT2D eigenvalue weighted by Gasteiger charge is -2.40. The zero-order valence-corrected chi connectivity index (χ0v) is 14.5. The predicted molar refractivity (Wildman–Crippen MR) is 87.8 cm³/mol. The molecule has 1 aromatic heterocycles. The van der Waals surface area contributed by atoms with Crippen LogP contribution >= 0.6 is 0 Å². The van der Waals surface area contributed by atoms with Crippen molar-refractivity contribution in [3.63, 3.8) is 0 Å². The molecule has 0 aliphatic carbocycles. The van der Waals surface area contributed by atoms with E-state index in [1.165, 1.54) is 0 Å². The number of nitrogens with zero attached hydrogens (tertiary/aromatic N) is 4. The lowest BCUT2D eigenvalue weighted by atomic mass is 10.0. The molecular weight excluding hydrogens is 310 g/mol. The number of amides is 1. The molecular formula is C16H27N5O3. The van der Waals surface area contributed by atoms with Gasteiger partial charge in [0.05, 0.1) is 32.1 Å². The molecule has 0 radical (unpaired) electrons. The molecule has 134 valence electrons. The summed E-state index contributed by atoms with van der Waals surface area (Å²) in [5.41, 5.74) is 0.235. The first kappa shape index (κ1) is 17.3. The zero-order valence-electron chi connectivity index (χ0n) is 14.5. The first-order valence-electron chi connectivity index (χ1n) is 8.67. The zero-order chi connectivity index (χ0) is 17.0. The summed E-state index contributed by atoms with van der Waals surface area (Å²) in [6.45, 7) is 9.55. The molecule has 8 heteroatoms. The second-order valence-corrected chi connectivity index (χ2v) is 7.06. The van der Waals surface area contributed by atoms with Crippen LogP contribution < -0.4 is 5.32 Å². The third kappa shape index (κ3) is 4.31. The lowest BCUT2D eigenvalue weighted by molar-refractivity contribution is -0.00924. The molecule has 1 aromatic rings. The van der Waals surface area contributed by atoms with Crippen molar-refractivity contribution in [3.05, 3.63) is 11.9 Å². The van der Waals surface area contributed by atoms with Gasteiger partial charge in [-0.1, -0.05) is 5.21 Å². The monoisotopic (exact) mass is 337 g/mol. The Hall–Kier alpha value is -1.51. The number of hydrogen-bond donors (Lipinski definition) is 1. The first-order chi connectivity index (χ1) is 11.5. The average Bonchev–Trinajstić information content (AvgIpc) is 3.26. The van der Waals surface area contributed by atoms with Crippen molar-refractivity contribution < 1.29 is 14.3 Å². The Labute approximate surface area is 142 Å². The van der Waals surface area contributed by atoms with Crippen molar-refractivity contribution in [1.82, 2.24) is 25.2 Å². The highest BCUT2D eigenvalue weighted by atomic mass is 16.5. The van der Waals surface area contributed by atoms with Gasteiger partial charge in [-0.05, 0) is 26.7 Å². The second-order valence-electron chi connectivity index (χ2n) is 7.06. The molecule has 3 rings (SSSR count). The molecule has 1 N–H and O–H groups in total. The Balaban J connectivity index is 1.50. The summed E-state index contributed by atoms with van der Waals surface area (Å²) in [7, 11) is 0. The van der Waals surface area contributed by atoms with Gasteiger partial charge in [0.1, 0.15) is 0 Å². The molecule has 2 fully saturated rings. The number of nitrogens with one attached hydrogen (secondary N) is 1. The fourth-order valence-electron chi connectivity index (χ4n) is 3.16. The summed E-state index contributed by atoms with van der Waals surface area (Å²) in [6.07, 6.45) is 4.00. The molecule has 24 heavy (non-hydrogen) atoms. The quantitative estimate of drug-likeness (QED) is 0.804. The van der Waals surface area contributed by atoms with Crippen LogP contribution in [0.2, 0.25) is 0 Å². The summed E-state index contributed by atoms with van der Waals surface area (Å²) < 4.78 is 12.7. The molecule has 0 spiro atoms. The van der Waals surface area contributed by atoms with E-state index in [-0.39, 0.29) is 17.6 Å². The van der Waals surface area contributed by atoms with Gasteiger partial charge in [-0.3, -0.25) is 9.69 Å². The van der Waals surface area contributed by atoms with Crippen molar-refractivity contribution in [2.45, 2.75) is 44.9 Å². The van der Waals surface area contributed by atoms with Gasteiger partial charge in [-0.15, -0.1) is 5.10 Å². The molecule has 1 unspecified atom stereocenters. The Kier molecular flexibility index (Phi) is 5.47. The maximum atomic E-state index is 12.3. The number of hydrogen-bond acceptors (Lipinski definition) is 6. The second kappa shape index (κ2) is 7.58. The van der Waals surface area contributed by atoms with Gasteiger partial charge in [0.2, 0.25) is 0 Å². The molecule has 2 aliphatic rings. The Morgan fingerprint density at radius 1 is 1.38 bits per heavy atom. The average molecular weight is 337 g/mol. The molecule has 0 aromatic carbocycles. The maximum absolute atomic E-state index is 12.3. The number of morpholine rings is 1. The highest BCUT2D eigenvalue weighted by molar-refractivity contribution is 5.91. The summed E-state index contributed by atoms with van der Waals surface area (Å²) in [5.74, 6) is -0.185. The standard InChI is InChI=1S/C16H27N5O3/c1-16(2,20-5-8-23-9-6-20)12-17-15(22)14-11-21(19-18-14)10-13-4-3-7-24-13/h11,13H,3-10,12H2,1-2H3,(H,17,22). The van der Waals surface area contributed by atoms with E-state index in [9.17, 15) is 4.79 Å². The first-order valence-corrected chi connectivity index (χ1v) is 8.67. The predicted octanol–water partition coefficient (Wildman–Crippen LogP) is 0.298. The minimum absolute atomic E-state index is 0.118. The van der Waals surface area contributed by atoms with E-state index in [4.69, 9.17) is 9.47 Å².